The van der Waals surface area contributed by atoms with E-state index in [1.54, 1.807) is 24.3 Å². The summed E-state index contributed by atoms with van der Waals surface area (Å²) in [6.07, 6.45) is 0.360. The van der Waals surface area contributed by atoms with Gasteiger partial charge in [-0.1, -0.05) is 30.1 Å². The van der Waals surface area contributed by atoms with Crippen LogP contribution in [0.15, 0.2) is 24.3 Å². The summed E-state index contributed by atoms with van der Waals surface area (Å²) in [6.45, 7) is -4.66. The number of halogens is 3. The molecule has 1 aliphatic rings. The van der Waals surface area contributed by atoms with E-state index in [0.717, 1.165) is 11.1 Å². The van der Waals surface area contributed by atoms with Gasteiger partial charge in [0.25, 0.3) is 0 Å². The predicted molar refractivity (Wildman–Crippen MR) is 46.7 cm³/mol. The Hall–Kier alpha value is 0.711. The first-order chi connectivity index (χ1) is 6.07. The SMILES string of the molecule is F[B-](F)(F)C1Cc2ccccc2C1.[K+]. The second-order valence-electron chi connectivity index (χ2n) is 3.56. The molecule has 0 aliphatic heterocycles. The molecule has 0 atom stereocenters. The summed E-state index contributed by atoms with van der Waals surface area (Å²) < 4.78 is 37.2. The Labute approximate surface area is 124 Å². The summed E-state index contributed by atoms with van der Waals surface area (Å²) in [7, 11) is 0. The summed E-state index contributed by atoms with van der Waals surface area (Å²) in [4.78, 5) is 0. The van der Waals surface area contributed by atoms with Crippen molar-refractivity contribution in [2.45, 2.75) is 18.7 Å². The number of hydrogen-bond donors (Lipinski definition) is 0. The molecule has 0 aromatic heterocycles. The second-order valence-corrected chi connectivity index (χ2v) is 3.56. The molecule has 5 heteroatoms. The van der Waals surface area contributed by atoms with Crippen molar-refractivity contribution in [1.82, 2.24) is 0 Å². The van der Waals surface area contributed by atoms with E-state index >= 15 is 0 Å². The number of benzene rings is 1. The van der Waals surface area contributed by atoms with Crippen molar-refractivity contribution in [3.63, 3.8) is 0 Å². The predicted octanol–water partition coefficient (Wildman–Crippen LogP) is 0.00680. The average molecular weight is 224 g/mol. The normalized spacial score (nSPS) is 16.2. The van der Waals surface area contributed by atoms with Crippen LogP contribution in [-0.4, -0.2) is 6.98 Å². The summed E-state index contributed by atoms with van der Waals surface area (Å²) in [5.41, 5.74) is 1.73. The van der Waals surface area contributed by atoms with E-state index in [1.807, 2.05) is 0 Å². The molecule has 0 unspecified atom stereocenters. The standard InChI is InChI=1S/C9H9BF3.K/c11-10(12,13)9-5-7-3-1-2-4-8(7)6-9;/h1-4,9H,5-6H2;/q-1;+1. The minimum absolute atomic E-state index is 0. The fourth-order valence-corrected chi connectivity index (χ4v) is 1.86. The Morgan fingerprint density at radius 2 is 1.43 bits per heavy atom. The third-order valence-electron chi connectivity index (χ3n) is 2.62. The number of hydrogen-bond acceptors (Lipinski definition) is 0. The van der Waals surface area contributed by atoms with Gasteiger partial charge >= 0.3 is 58.4 Å². The maximum Gasteiger partial charge on any atom is 1.00 e. The fourth-order valence-electron chi connectivity index (χ4n) is 1.86. The van der Waals surface area contributed by atoms with E-state index in [2.05, 4.69) is 0 Å². The van der Waals surface area contributed by atoms with Gasteiger partial charge in [0.2, 0.25) is 0 Å². The molecule has 0 amide bonds. The van der Waals surface area contributed by atoms with Gasteiger partial charge in [-0.25, -0.2) is 0 Å². The van der Waals surface area contributed by atoms with Gasteiger partial charge in [-0.05, 0) is 24.0 Å². The summed E-state index contributed by atoms with van der Waals surface area (Å²) in [5, 5.41) is 0. The van der Waals surface area contributed by atoms with Gasteiger partial charge in [-0.3, -0.25) is 0 Å². The Balaban J connectivity index is 0.000000980. The van der Waals surface area contributed by atoms with Crippen LogP contribution in [0.4, 0.5) is 12.9 Å². The van der Waals surface area contributed by atoms with Crippen LogP contribution in [0.5, 0.6) is 0 Å². The first-order valence-corrected chi connectivity index (χ1v) is 4.34. The first kappa shape index (κ1) is 12.8. The van der Waals surface area contributed by atoms with E-state index in [1.165, 1.54) is 0 Å². The number of fused-ring (bicyclic) bond motifs is 1. The van der Waals surface area contributed by atoms with Crippen molar-refractivity contribution in [1.29, 1.82) is 0 Å². The van der Waals surface area contributed by atoms with E-state index in [-0.39, 0.29) is 64.2 Å². The minimum Gasteiger partial charge on any atom is -0.449 e. The van der Waals surface area contributed by atoms with Gasteiger partial charge in [0.15, 0.2) is 0 Å². The molecule has 0 saturated carbocycles. The van der Waals surface area contributed by atoms with Crippen LogP contribution in [0.2, 0.25) is 5.82 Å². The maximum atomic E-state index is 12.4. The Bertz CT molecular complexity index is 299. The van der Waals surface area contributed by atoms with Crippen molar-refractivity contribution < 1.29 is 64.3 Å². The molecule has 0 saturated heterocycles. The first-order valence-electron chi connectivity index (χ1n) is 4.34. The quantitative estimate of drug-likeness (QED) is 0.589. The Morgan fingerprint density at radius 3 is 1.79 bits per heavy atom. The Morgan fingerprint density at radius 1 is 1.00 bits per heavy atom. The minimum atomic E-state index is -4.66. The molecular weight excluding hydrogens is 215 g/mol. The van der Waals surface area contributed by atoms with Crippen molar-refractivity contribution in [2.75, 3.05) is 0 Å². The van der Waals surface area contributed by atoms with Gasteiger partial charge in [0, 0.05) is 0 Å². The zero-order chi connectivity index (χ0) is 9.47. The maximum absolute atomic E-state index is 12.4. The van der Waals surface area contributed by atoms with Crippen LogP contribution >= 0.6 is 0 Å². The number of rotatable bonds is 1. The summed E-state index contributed by atoms with van der Waals surface area (Å²) in [5.74, 6) is -1.10. The van der Waals surface area contributed by atoms with Crippen LogP contribution in [0.3, 0.4) is 0 Å². The van der Waals surface area contributed by atoms with Crippen molar-refractivity contribution in [3.8, 4) is 0 Å². The molecule has 0 bridgehead atoms. The van der Waals surface area contributed by atoms with Gasteiger partial charge in [0.05, 0.1) is 0 Å². The molecule has 0 heterocycles. The zero-order valence-corrected chi connectivity index (χ0v) is 11.1. The van der Waals surface area contributed by atoms with Crippen molar-refractivity contribution in [3.05, 3.63) is 35.4 Å². The monoisotopic (exact) mass is 224 g/mol. The van der Waals surface area contributed by atoms with Gasteiger partial charge in [-0.2, -0.15) is 0 Å². The molecule has 0 spiro atoms. The molecule has 0 nitrogen and oxygen atoms in total. The van der Waals surface area contributed by atoms with E-state index in [9.17, 15) is 12.9 Å². The molecule has 0 radical (unpaired) electrons. The van der Waals surface area contributed by atoms with E-state index in [0.29, 0.717) is 0 Å². The third kappa shape index (κ3) is 2.64. The smallest absolute Gasteiger partial charge is 0.449 e. The molecule has 1 aromatic carbocycles. The van der Waals surface area contributed by atoms with Crippen LogP contribution in [-0.2, 0) is 12.8 Å². The van der Waals surface area contributed by atoms with Crippen molar-refractivity contribution in [2.24, 2.45) is 0 Å². The topological polar surface area (TPSA) is 0 Å². The molecule has 2 rings (SSSR count). The fraction of sp³-hybridized carbons (Fsp3) is 0.333. The van der Waals surface area contributed by atoms with E-state index < -0.39 is 12.8 Å². The average Bonchev–Trinajstić information content (AvgIpc) is 2.45. The second kappa shape index (κ2) is 4.70. The summed E-state index contributed by atoms with van der Waals surface area (Å²) in [6, 6.07) is 7.17. The van der Waals surface area contributed by atoms with Gasteiger partial charge in [-0.15, -0.1) is 0 Å². The Kier molecular flexibility index (Phi) is 4.29. The molecule has 1 aliphatic carbocycles. The van der Waals surface area contributed by atoms with Crippen LogP contribution in [0, 0.1) is 0 Å². The van der Waals surface area contributed by atoms with Crippen LogP contribution < -0.4 is 51.4 Å². The summed E-state index contributed by atoms with van der Waals surface area (Å²) >= 11 is 0. The molecular formula is C9H9BF3K. The van der Waals surface area contributed by atoms with Gasteiger partial charge in [0.1, 0.15) is 0 Å². The molecule has 1 aromatic rings. The van der Waals surface area contributed by atoms with Gasteiger partial charge < -0.3 is 12.9 Å². The van der Waals surface area contributed by atoms with Crippen LogP contribution in [0.1, 0.15) is 11.1 Å². The largest absolute Gasteiger partial charge is 1.00 e. The van der Waals surface area contributed by atoms with E-state index in [4.69, 9.17) is 0 Å². The third-order valence-corrected chi connectivity index (χ3v) is 2.62. The van der Waals surface area contributed by atoms with Crippen molar-refractivity contribution >= 4 is 6.98 Å². The van der Waals surface area contributed by atoms with Crippen LogP contribution in [0.25, 0.3) is 0 Å². The molecule has 14 heavy (non-hydrogen) atoms. The zero-order valence-electron chi connectivity index (χ0n) is 8.01. The molecule has 70 valence electrons. The molecule has 0 N–H and O–H groups in total. The molecule has 0 fully saturated rings.